The third-order valence-electron chi connectivity index (χ3n) is 4.87. The van der Waals surface area contributed by atoms with Crippen LogP contribution in [0.4, 0.5) is 5.95 Å². The molecule has 0 bridgehead atoms. The first-order chi connectivity index (χ1) is 12.7. The Kier molecular flexibility index (Phi) is 10.8. The smallest absolute Gasteiger partial charge is 0.228 e. The summed E-state index contributed by atoms with van der Waals surface area (Å²) in [6, 6.07) is 8.08. The SMILES string of the molecule is CCN(CC)CCn1c(NC(=O)CC2COCCN2)nc2ccccc21.Cl.Cl. The molecule has 9 heteroatoms. The molecule has 3 rings (SSSR count). The van der Waals surface area contributed by atoms with E-state index in [1.807, 2.05) is 18.2 Å². The second-order valence-electron chi connectivity index (χ2n) is 6.58. The summed E-state index contributed by atoms with van der Waals surface area (Å²) in [7, 11) is 0. The molecule has 0 spiro atoms. The second kappa shape index (κ2) is 12.2. The lowest BCUT2D eigenvalue weighted by Gasteiger charge is -2.23. The number of para-hydroxylation sites is 2. The van der Waals surface area contributed by atoms with E-state index >= 15 is 0 Å². The van der Waals surface area contributed by atoms with Gasteiger partial charge in [0.15, 0.2) is 0 Å². The summed E-state index contributed by atoms with van der Waals surface area (Å²) in [6.07, 6.45) is 0.388. The van der Waals surface area contributed by atoms with Crippen molar-refractivity contribution in [1.82, 2.24) is 19.8 Å². The summed E-state index contributed by atoms with van der Waals surface area (Å²) >= 11 is 0. The van der Waals surface area contributed by atoms with Crippen molar-refractivity contribution in [3.63, 3.8) is 0 Å². The number of imidazole rings is 1. The second-order valence-corrected chi connectivity index (χ2v) is 6.58. The largest absolute Gasteiger partial charge is 0.378 e. The molecule has 0 radical (unpaired) electrons. The minimum atomic E-state index is -0.0348. The van der Waals surface area contributed by atoms with Gasteiger partial charge in [0.05, 0.1) is 24.2 Å². The molecule has 1 aliphatic heterocycles. The monoisotopic (exact) mass is 431 g/mol. The molecule has 0 saturated carbocycles. The molecule has 1 aliphatic rings. The van der Waals surface area contributed by atoms with Crippen molar-refractivity contribution in [3.8, 4) is 0 Å². The molecular weight excluding hydrogens is 401 g/mol. The number of amides is 1. The Labute approximate surface area is 179 Å². The number of halogens is 2. The highest BCUT2D eigenvalue weighted by atomic mass is 35.5. The Hall–Kier alpha value is -1.38. The minimum Gasteiger partial charge on any atom is -0.378 e. The van der Waals surface area contributed by atoms with E-state index in [0.29, 0.717) is 25.6 Å². The van der Waals surface area contributed by atoms with E-state index in [-0.39, 0.29) is 36.8 Å². The lowest BCUT2D eigenvalue weighted by Crippen LogP contribution is -2.43. The molecule has 7 nitrogen and oxygen atoms in total. The lowest BCUT2D eigenvalue weighted by molar-refractivity contribution is -0.117. The number of fused-ring (bicyclic) bond motifs is 1. The predicted molar refractivity (Wildman–Crippen MR) is 118 cm³/mol. The number of ether oxygens (including phenoxy) is 1. The lowest BCUT2D eigenvalue weighted by atomic mass is 10.2. The van der Waals surface area contributed by atoms with Gasteiger partial charge in [0.2, 0.25) is 11.9 Å². The Bertz CT molecular complexity index is 730. The number of aromatic nitrogens is 2. The van der Waals surface area contributed by atoms with Gasteiger partial charge in [-0.05, 0) is 25.2 Å². The maximum absolute atomic E-state index is 12.5. The van der Waals surface area contributed by atoms with Gasteiger partial charge < -0.3 is 19.5 Å². The summed E-state index contributed by atoms with van der Waals surface area (Å²) in [5, 5.41) is 6.32. The topological polar surface area (TPSA) is 71.4 Å². The average molecular weight is 432 g/mol. The van der Waals surface area contributed by atoms with Crippen molar-refractivity contribution in [3.05, 3.63) is 24.3 Å². The summed E-state index contributed by atoms with van der Waals surface area (Å²) in [5.74, 6) is 0.590. The molecule has 1 amide bonds. The zero-order chi connectivity index (χ0) is 18.4. The van der Waals surface area contributed by atoms with Crippen LogP contribution in [0.2, 0.25) is 0 Å². The molecule has 28 heavy (non-hydrogen) atoms. The standard InChI is InChI=1S/C19H29N5O2.2ClH/c1-3-23(4-2)10-11-24-17-8-6-5-7-16(17)21-19(24)22-18(25)13-15-14-26-12-9-20-15;;/h5-8,15,20H,3-4,9-14H2,1-2H3,(H,21,22,25);2*1H. The van der Waals surface area contributed by atoms with Crippen LogP contribution in [-0.4, -0.2) is 65.8 Å². The number of rotatable bonds is 8. The van der Waals surface area contributed by atoms with Crippen LogP contribution in [0.25, 0.3) is 11.0 Å². The number of carbonyl (C=O) groups excluding carboxylic acids is 1. The molecule has 0 aliphatic carbocycles. The van der Waals surface area contributed by atoms with Gasteiger partial charge in [-0.3, -0.25) is 10.1 Å². The van der Waals surface area contributed by atoms with Crippen molar-refractivity contribution in [2.45, 2.75) is 32.9 Å². The first-order valence-electron chi connectivity index (χ1n) is 9.49. The molecule has 2 aromatic rings. The quantitative estimate of drug-likeness (QED) is 0.671. The third kappa shape index (κ3) is 6.32. The molecule has 2 heterocycles. The molecule has 1 unspecified atom stereocenters. The molecule has 1 aromatic heterocycles. The number of nitrogens with zero attached hydrogens (tertiary/aromatic N) is 3. The Morgan fingerprint density at radius 1 is 1.32 bits per heavy atom. The highest BCUT2D eigenvalue weighted by Crippen LogP contribution is 2.20. The molecule has 158 valence electrons. The molecular formula is C19H31Cl2N5O2. The molecule has 1 aromatic carbocycles. The van der Waals surface area contributed by atoms with Crippen molar-refractivity contribution in [2.75, 3.05) is 44.7 Å². The van der Waals surface area contributed by atoms with Crippen LogP contribution in [-0.2, 0) is 16.1 Å². The highest BCUT2D eigenvalue weighted by Gasteiger charge is 2.19. The Balaban J connectivity index is 0.00000196. The zero-order valence-corrected chi connectivity index (χ0v) is 18.2. The Morgan fingerprint density at radius 2 is 2.07 bits per heavy atom. The van der Waals surface area contributed by atoms with Gasteiger partial charge in [-0.15, -0.1) is 24.8 Å². The van der Waals surface area contributed by atoms with E-state index < -0.39 is 0 Å². The summed E-state index contributed by atoms with van der Waals surface area (Å²) in [6.45, 7) is 10.1. The first kappa shape index (κ1) is 24.7. The fourth-order valence-electron chi connectivity index (χ4n) is 3.33. The predicted octanol–water partition coefficient (Wildman–Crippen LogP) is 2.54. The van der Waals surface area contributed by atoms with Gasteiger partial charge in [0.1, 0.15) is 0 Å². The van der Waals surface area contributed by atoms with E-state index in [1.54, 1.807) is 0 Å². The van der Waals surface area contributed by atoms with Crippen LogP contribution in [0, 0.1) is 0 Å². The molecule has 1 saturated heterocycles. The molecule has 1 fully saturated rings. The van der Waals surface area contributed by atoms with Gasteiger partial charge >= 0.3 is 0 Å². The number of morpholine rings is 1. The average Bonchev–Trinajstić information content (AvgIpc) is 3.00. The van der Waals surface area contributed by atoms with Gasteiger partial charge in [-0.25, -0.2) is 4.98 Å². The van der Waals surface area contributed by atoms with E-state index in [0.717, 1.165) is 43.8 Å². The van der Waals surface area contributed by atoms with Crippen molar-refractivity contribution in [2.24, 2.45) is 0 Å². The van der Waals surface area contributed by atoms with Crippen molar-refractivity contribution < 1.29 is 9.53 Å². The number of hydrogen-bond donors (Lipinski definition) is 2. The number of carbonyl (C=O) groups is 1. The zero-order valence-electron chi connectivity index (χ0n) is 16.5. The summed E-state index contributed by atoms with van der Waals surface area (Å²) < 4.78 is 7.53. The number of nitrogens with one attached hydrogen (secondary N) is 2. The van der Waals surface area contributed by atoms with E-state index in [2.05, 4.69) is 45.0 Å². The number of anilines is 1. The van der Waals surface area contributed by atoms with Gasteiger partial charge in [-0.2, -0.15) is 0 Å². The molecule has 2 N–H and O–H groups in total. The fourth-order valence-corrected chi connectivity index (χ4v) is 3.33. The van der Waals surface area contributed by atoms with Crippen LogP contribution < -0.4 is 10.6 Å². The van der Waals surface area contributed by atoms with Gasteiger partial charge in [-0.1, -0.05) is 26.0 Å². The minimum absolute atomic E-state index is 0. The van der Waals surface area contributed by atoms with Crippen LogP contribution >= 0.6 is 24.8 Å². The third-order valence-corrected chi connectivity index (χ3v) is 4.87. The Morgan fingerprint density at radius 3 is 2.75 bits per heavy atom. The van der Waals surface area contributed by atoms with Gasteiger partial charge in [0, 0.05) is 32.1 Å². The number of likely N-dealkylation sites (N-methyl/N-ethyl adjacent to an activating group) is 1. The summed E-state index contributed by atoms with van der Waals surface area (Å²) in [4.78, 5) is 19.5. The van der Waals surface area contributed by atoms with E-state index in [9.17, 15) is 4.79 Å². The summed E-state index contributed by atoms with van der Waals surface area (Å²) in [5.41, 5.74) is 1.95. The van der Waals surface area contributed by atoms with E-state index in [4.69, 9.17) is 4.74 Å². The van der Waals surface area contributed by atoms with Crippen LogP contribution in [0.15, 0.2) is 24.3 Å². The maximum Gasteiger partial charge on any atom is 0.228 e. The number of hydrogen-bond acceptors (Lipinski definition) is 5. The van der Waals surface area contributed by atoms with Gasteiger partial charge in [0.25, 0.3) is 0 Å². The maximum atomic E-state index is 12.5. The first-order valence-corrected chi connectivity index (χ1v) is 9.49. The van der Waals surface area contributed by atoms with Crippen LogP contribution in [0.3, 0.4) is 0 Å². The van der Waals surface area contributed by atoms with Crippen LogP contribution in [0.1, 0.15) is 20.3 Å². The van der Waals surface area contributed by atoms with Crippen LogP contribution in [0.5, 0.6) is 0 Å². The van der Waals surface area contributed by atoms with Crippen molar-refractivity contribution >= 4 is 47.7 Å². The molecule has 1 atom stereocenters. The van der Waals surface area contributed by atoms with Crippen molar-refractivity contribution in [1.29, 1.82) is 0 Å². The normalized spacial score (nSPS) is 16.5. The highest BCUT2D eigenvalue weighted by molar-refractivity contribution is 5.91. The van der Waals surface area contributed by atoms with E-state index in [1.165, 1.54) is 0 Å². The fraction of sp³-hybridized carbons (Fsp3) is 0.579. The number of benzene rings is 1.